The third-order valence-electron chi connectivity index (χ3n) is 2.91. The molecule has 108 valence electrons. The van der Waals surface area contributed by atoms with Crippen LogP contribution in [0.4, 0.5) is 13.2 Å². The van der Waals surface area contributed by atoms with Gasteiger partial charge in [-0.25, -0.2) is 0 Å². The van der Waals surface area contributed by atoms with Crippen LogP contribution in [0, 0.1) is 0 Å². The maximum Gasteiger partial charge on any atom is 0.416 e. The zero-order valence-corrected chi connectivity index (χ0v) is 10.9. The average molecular weight is 291 g/mol. The van der Waals surface area contributed by atoms with E-state index in [4.69, 9.17) is 5.73 Å². The van der Waals surface area contributed by atoms with Crippen LogP contribution in [0.2, 0.25) is 0 Å². The first-order valence-electron chi connectivity index (χ1n) is 6.12. The Kier molecular flexibility index (Phi) is 4.12. The van der Waals surface area contributed by atoms with E-state index in [1.165, 1.54) is 24.3 Å². The fraction of sp³-hybridized carbons (Fsp3) is 0.0625. The maximum absolute atomic E-state index is 12.5. The van der Waals surface area contributed by atoms with Crippen LogP contribution in [0.5, 0.6) is 0 Å². The van der Waals surface area contributed by atoms with Crippen molar-refractivity contribution in [1.29, 1.82) is 0 Å². The van der Waals surface area contributed by atoms with Gasteiger partial charge < -0.3 is 5.73 Å². The van der Waals surface area contributed by atoms with Gasteiger partial charge in [-0.1, -0.05) is 36.4 Å². The Hall–Kier alpha value is -2.56. The number of hydrogen-bond donors (Lipinski definition) is 1. The van der Waals surface area contributed by atoms with E-state index in [1.54, 1.807) is 24.3 Å². The van der Waals surface area contributed by atoms with Crippen molar-refractivity contribution < 1.29 is 18.0 Å². The predicted octanol–water partition coefficient (Wildman–Crippen LogP) is 3.87. The number of carbonyl (C=O) groups excluding carboxylic acids is 1. The summed E-state index contributed by atoms with van der Waals surface area (Å²) in [6.07, 6.45) is -1.61. The Morgan fingerprint density at radius 3 is 2.19 bits per heavy atom. The highest BCUT2D eigenvalue weighted by atomic mass is 19.4. The van der Waals surface area contributed by atoms with Crippen molar-refractivity contribution in [2.75, 3.05) is 0 Å². The fourth-order valence-electron chi connectivity index (χ4n) is 1.92. The van der Waals surface area contributed by atoms with Crippen molar-refractivity contribution >= 4 is 12.0 Å². The molecule has 0 bridgehead atoms. The number of hydrogen-bond acceptors (Lipinski definition) is 1. The van der Waals surface area contributed by atoms with Crippen molar-refractivity contribution in [2.24, 2.45) is 5.73 Å². The molecule has 2 N–H and O–H groups in total. The van der Waals surface area contributed by atoms with Gasteiger partial charge in [0.1, 0.15) is 0 Å². The highest BCUT2D eigenvalue weighted by Crippen LogP contribution is 2.32. The summed E-state index contributed by atoms with van der Waals surface area (Å²) < 4.78 is 37.6. The van der Waals surface area contributed by atoms with E-state index >= 15 is 0 Å². The van der Waals surface area contributed by atoms with Gasteiger partial charge in [0.25, 0.3) is 0 Å². The van der Waals surface area contributed by atoms with Crippen molar-refractivity contribution in [3.63, 3.8) is 0 Å². The molecule has 2 rings (SSSR count). The molecule has 5 heteroatoms. The molecule has 0 aromatic heterocycles. The van der Waals surface area contributed by atoms with Crippen LogP contribution in [0.1, 0.15) is 11.1 Å². The smallest absolute Gasteiger partial charge is 0.366 e. The summed E-state index contributed by atoms with van der Waals surface area (Å²) in [4.78, 5) is 10.8. The third-order valence-corrected chi connectivity index (χ3v) is 2.91. The Morgan fingerprint density at radius 2 is 1.62 bits per heavy atom. The molecule has 0 radical (unpaired) electrons. The minimum atomic E-state index is -4.36. The molecule has 2 aromatic rings. The standard InChI is InChI=1S/C16H12F3NO/c17-16(18,19)13-8-5-12(6-9-13)14-4-2-1-3-11(14)7-10-15(20)21/h1-10H,(H2,20,21)/b10-7+. The van der Waals surface area contributed by atoms with Crippen LogP contribution in [0.15, 0.2) is 54.6 Å². The Balaban J connectivity index is 2.41. The van der Waals surface area contributed by atoms with Crippen LogP contribution in [-0.4, -0.2) is 5.91 Å². The van der Waals surface area contributed by atoms with Gasteiger partial charge in [0, 0.05) is 6.08 Å². The van der Waals surface area contributed by atoms with Gasteiger partial charge >= 0.3 is 6.18 Å². The quantitative estimate of drug-likeness (QED) is 0.857. The van der Waals surface area contributed by atoms with Crippen molar-refractivity contribution in [2.45, 2.75) is 6.18 Å². The van der Waals surface area contributed by atoms with E-state index in [0.29, 0.717) is 11.1 Å². The number of primary amides is 1. The third kappa shape index (κ3) is 3.72. The molecule has 0 aliphatic carbocycles. The van der Waals surface area contributed by atoms with E-state index in [0.717, 1.165) is 17.7 Å². The molecule has 0 fully saturated rings. The molecular weight excluding hydrogens is 279 g/mol. The molecule has 0 saturated heterocycles. The van der Waals surface area contributed by atoms with E-state index in [-0.39, 0.29) is 0 Å². The second-order valence-electron chi connectivity index (χ2n) is 4.40. The number of benzene rings is 2. The molecule has 1 amide bonds. The second kappa shape index (κ2) is 5.83. The normalized spacial score (nSPS) is 11.8. The van der Waals surface area contributed by atoms with Gasteiger partial charge in [-0.2, -0.15) is 13.2 Å². The molecule has 0 aliphatic rings. The number of amides is 1. The topological polar surface area (TPSA) is 43.1 Å². The predicted molar refractivity (Wildman–Crippen MR) is 75.1 cm³/mol. The molecule has 2 nitrogen and oxygen atoms in total. The molecule has 0 heterocycles. The molecular formula is C16H12F3NO. The molecule has 0 unspecified atom stereocenters. The number of rotatable bonds is 3. The summed E-state index contributed by atoms with van der Waals surface area (Å²) in [5.74, 6) is -0.586. The van der Waals surface area contributed by atoms with Crippen LogP contribution in [0.3, 0.4) is 0 Å². The number of nitrogens with two attached hydrogens (primary N) is 1. The first-order valence-corrected chi connectivity index (χ1v) is 6.12. The maximum atomic E-state index is 12.5. The second-order valence-corrected chi connectivity index (χ2v) is 4.40. The SMILES string of the molecule is NC(=O)/C=C/c1ccccc1-c1ccc(C(F)(F)F)cc1. The average Bonchev–Trinajstić information content (AvgIpc) is 2.44. The zero-order chi connectivity index (χ0) is 15.5. The van der Waals surface area contributed by atoms with E-state index in [9.17, 15) is 18.0 Å². The first-order chi connectivity index (χ1) is 9.88. The van der Waals surface area contributed by atoms with Crippen LogP contribution in [0.25, 0.3) is 17.2 Å². The summed E-state index contributed by atoms with van der Waals surface area (Å²) in [6.45, 7) is 0. The van der Waals surface area contributed by atoms with Crippen LogP contribution >= 0.6 is 0 Å². The summed E-state index contributed by atoms with van der Waals surface area (Å²) in [7, 11) is 0. The highest BCUT2D eigenvalue weighted by molar-refractivity contribution is 5.91. The molecule has 2 aromatic carbocycles. The molecule has 21 heavy (non-hydrogen) atoms. The number of carbonyl (C=O) groups is 1. The summed E-state index contributed by atoms with van der Waals surface area (Å²) >= 11 is 0. The monoisotopic (exact) mass is 291 g/mol. The summed E-state index contributed by atoms with van der Waals surface area (Å²) in [5, 5.41) is 0. The Morgan fingerprint density at radius 1 is 1.00 bits per heavy atom. The lowest BCUT2D eigenvalue weighted by Crippen LogP contribution is -2.05. The Labute approximate surface area is 119 Å². The molecule has 0 atom stereocenters. The van der Waals surface area contributed by atoms with Gasteiger partial charge in [0.15, 0.2) is 0 Å². The summed E-state index contributed by atoms with van der Waals surface area (Å²) in [6, 6.07) is 11.9. The van der Waals surface area contributed by atoms with Crippen molar-refractivity contribution in [1.82, 2.24) is 0 Å². The van der Waals surface area contributed by atoms with E-state index in [2.05, 4.69) is 0 Å². The minimum absolute atomic E-state index is 0.586. The van der Waals surface area contributed by atoms with Gasteiger partial charge in [0.2, 0.25) is 5.91 Å². The van der Waals surface area contributed by atoms with Crippen LogP contribution in [-0.2, 0) is 11.0 Å². The fourth-order valence-corrected chi connectivity index (χ4v) is 1.92. The van der Waals surface area contributed by atoms with Gasteiger partial charge in [-0.3, -0.25) is 4.79 Å². The van der Waals surface area contributed by atoms with Gasteiger partial charge in [-0.15, -0.1) is 0 Å². The zero-order valence-electron chi connectivity index (χ0n) is 10.9. The minimum Gasteiger partial charge on any atom is -0.366 e. The Bertz CT molecular complexity index is 673. The lowest BCUT2D eigenvalue weighted by Gasteiger charge is -2.09. The van der Waals surface area contributed by atoms with Crippen LogP contribution < -0.4 is 5.73 Å². The first kappa shape index (κ1) is 14.8. The van der Waals surface area contributed by atoms with Crippen molar-refractivity contribution in [3.8, 4) is 11.1 Å². The van der Waals surface area contributed by atoms with Crippen molar-refractivity contribution in [3.05, 3.63) is 65.7 Å². The van der Waals surface area contributed by atoms with Gasteiger partial charge in [-0.05, 0) is 34.9 Å². The van der Waals surface area contributed by atoms with E-state index in [1.807, 2.05) is 0 Å². The lowest BCUT2D eigenvalue weighted by atomic mass is 9.98. The largest absolute Gasteiger partial charge is 0.416 e. The van der Waals surface area contributed by atoms with E-state index < -0.39 is 17.6 Å². The molecule has 0 saturated carbocycles. The molecule has 0 spiro atoms. The number of alkyl halides is 3. The van der Waals surface area contributed by atoms with Gasteiger partial charge in [0.05, 0.1) is 5.56 Å². The highest BCUT2D eigenvalue weighted by Gasteiger charge is 2.29. The number of halogens is 3. The molecule has 0 aliphatic heterocycles. The summed E-state index contributed by atoms with van der Waals surface area (Å²) in [5.41, 5.74) is 6.41. The lowest BCUT2D eigenvalue weighted by molar-refractivity contribution is -0.137.